The predicted molar refractivity (Wildman–Crippen MR) is 186 cm³/mol. The van der Waals surface area contributed by atoms with Crippen molar-refractivity contribution in [2.45, 2.75) is 115 Å². The number of hydrogen-bond donors (Lipinski definition) is 8. The standard InChI is InChI=1S/C36H49N5O10/c1-35(2,3)50-33(48)37-18-24(42)17-27-32(47)39-25(30(45)38-23-9-10-23)15-21-13-19(7-11-28(21)43)20-8-12-29(44)22(14-20)16-26(31(46)40-27)41-34(49)51-36(4,5)6/h7-8,11-14,23-27,42-44H,9-10,15-18H2,1-6H3,(H,37,48)(H,38,45)(H,39,47)(H,40,46)(H,41,49)/t24-,25+,26+,27+/m1/s1. The lowest BCUT2D eigenvalue weighted by Gasteiger charge is -2.28. The topological polar surface area (TPSA) is 225 Å². The van der Waals surface area contributed by atoms with E-state index >= 15 is 0 Å². The minimum absolute atomic E-state index is 0.0581. The van der Waals surface area contributed by atoms with Crippen LogP contribution in [-0.2, 0) is 36.7 Å². The molecule has 278 valence electrons. The van der Waals surface area contributed by atoms with Crippen molar-refractivity contribution >= 4 is 29.9 Å². The molecule has 2 aromatic rings. The number of hydrogen-bond acceptors (Lipinski definition) is 10. The first-order chi connectivity index (χ1) is 23.8. The zero-order valence-corrected chi connectivity index (χ0v) is 29.8. The molecule has 4 rings (SSSR count). The lowest BCUT2D eigenvalue weighted by Crippen LogP contribution is -2.58. The maximum atomic E-state index is 14.0. The van der Waals surface area contributed by atoms with E-state index in [-0.39, 0.29) is 42.5 Å². The van der Waals surface area contributed by atoms with Crippen LogP contribution in [0.5, 0.6) is 11.5 Å². The summed E-state index contributed by atoms with van der Waals surface area (Å²) < 4.78 is 10.6. The van der Waals surface area contributed by atoms with Crippen molar-refractivity contribution in [3.63, 3.8) is 0 Å². The summed E-state index contributed by atoms with van der Waals surface area (Å²) in [6.45, 7) is 9.60. The molecule has 1 aliphatic heterocycles. The van der Waals surface area contributed by atoms with E-state index in [1.807, 2.05) is 0 Å². The SMILES string of the molecule is CC(C)(C)OC(=O)NC[C@H](O)C[C@@H]1NC(=O)[C@@H](NC(=O)OC(C)(C)C)Cc2cc(ccc2O)-c2ccc(O)c(c2)C[C@@H](C(=O)NC2CC2)NC1=O. The zero-order chi connectivity index (χ0) is 37.7. The van der Waals surface area contributed by atoms with Crippen molar-refractivity contribution in [3.8, 4) is 22.6 Å². The van der Waals surface area contributed by atoms with Crippen molar-refractivity contribution in [2.24, 2.45) is 0 Å². The zero-order valence-electron chi connectivity index (χ0n) is 29.8. The highest BCUT2D eigenvalue weighted by Crippen LogP contribution is 2.31. The van der Waals surface area contributed by atoms with Crippen LogP contribution < -0.4 is 26.6 Å². The van der Waals surface area contributed by atoms with E-state index in [4.69, 9.17) is 9.47 Å². The highest BCUT2D eigenvalue weighted by Gasteiger charge is 2.35. The summed E-state index contributed by atoms with van der Waals surface area (Å²) in [5.74, 6) is -2.49. The number of carbonyl (C=O) groups excluding carboxylic acids is 5. The second kappa shape index (κ2) is 15.9. The Kier molecular flexibility index (Phi) is 12.1. The van der Waals surface area contributed by atoms with Crippen LogP contribution in [-0.4, -0.2) is 93.2 Å². The summed E-state index contributed by atoms with van der Waals surface area (Å²) in [4.78, 5) is 66.5. The van der Waals surface area contributed by atoms with Gasteiger partial charge in [-0.1, -0.05) is 12.1 Å². The van der Waals surface area contributed by atoms with Crippen molar-refractivity contribution in [1.82, 2.24) is 26.6 Å². The van der Waals surface area contributed by atoms with Crippen LogP contribution in [0.25, 0.3) is 11.1 Å². The Balaban J connectivity index is 1.73. The number of alkyl carbamates (subject to hydrolysis) is 2. The van der Waals surface area contributed by atoms with E-state index < -0.39 is 71.8 Å². The first-order valence-corrected chi connectivity index (χ1v) is 17.0. The molecule has 1 aliphatic carbocycles. The summed E-state index contributed by atoms with van der Waals surface area (Å²) in [5, 5.41) is 45.6. The number of phenols is 2. The molecule has 2 aliphatic rings. The Hall–Kier alpha value is -5.05. The van der Waals surface area contributed by atoms with Crippen molar-refractivity contribution < 1.29 is 48.8 Å². The van der Waals surface area contributed by atoms with Crippen LogP contribution >= 0.6 is 0 Å². The minimum atomic E-state index is -1.49. The number of carbonyl (C=O) groups is 5. The predicted octanol–water partition coefficient (Wildman–Crippen LogP) is 2.28. The smallest absolute Gasteiger partial charge is 0.408 e. The largest absolute Gasteiger partial charge is 0.508 e. The highest BCUT2D eigenvalue weighted by molar-refractivity contribution is 5.94. The maximum absolute atomic E-state index is 14.0. The van der Waals surface area contributed by atoms with Gasteiger partial charge in [-0.2, -0.15) is 0 Å². The fourth-order valence-electron chi connectivity index (χ4n) is 5.34. The number of fused-ring (bicyclic) bond motifs is 5. The number of ether oxygens (including phenoxy) is 2. The molecule has 15 nitrogen and oxygen atoms in total. The van der Waals surface area contributed by atoms with Gasteiger partial charge in [-0.05, 0) is 101 Å². The monoisotopic (exact) mass is 711 g/mol. The van der Waals surface area contributed by atoms with Gasteiger partial charge in [-0.15, -0.1) is 0 Å². The van der Waals surface area contributed by atoms with Gasteiger partial charge in [-0.3, -0.25) is 14.4 Å². The van der Waals surface area contributed by atoms with Crippen molar-refractivity contribution in [3.05, 3.63) is 47.5 Å². The molecule has 0 aromatic heterocycles. The second-order valence-corrected chi connectivity index (χ2v) is 15.0. The van der Waals surface area contributed by atoms with Crippen molar-refractivity contribution in [1.29, 1.82) is 0 Å². The van der Waals surface area contributed by atoms with Gasteiger partial charge in [0.25, 0.3) is 0 Å². The molecule has 0 radical (unpaired) electrons. The summed E-state index contributed by atoms with van der Waals surface area (Å²) >= 11 is 0. The molecule has 4 bridgehead atoms. The third-order valence-electron chi connectivity index (χ3n) is 7.93. The molecule has 51 heavy (non-hydrogen) atoms. The van der Waals surface area contributed by atoms with E-state index in [0.29, 0.717) is 16.7 Å². The summed E-state index contributed by atoms with van der Waals surface area (Å²) in [6, 6.07) is 5.35. The van der Waals surface area contributed by atoms with Gasteiger partial charge in [-0.25, -0.2) is 9.59 Å². The molecular weight excluding hydrogens is 662 g/mol. The third-order valence-corrected chi connectivity index (χ3v) is 7.93. The van der Waals surface area contributed by atoms with E-state index in [9.17, 15) is 39.3 Å². The number of rotatable bonds is 7. The summed E-state index contributed by atoms with van der Waals surface area (Å²) in [5.41, 5.74) is 0.129. The molecule has 1 heterocycles. The highest BCUT2D eigenvalue weighted by atomic mass is 16.6. The summed E-state index contributed by atoms with van der Waals surface area (Å²) in [6.07, 6.45) is -2.35. The molecular formula is C36H49N5O10. The molecule has 2 aromatic carbocycles. The number of nitrogens with one attached hydrogen (secondary N) is 5. The molecule has 15 heteroatoms. The molecule has 8 N–H and O–H groups in total. The van der Waals surface area contributed by atoms with Gasteiger partial charge < -0.3 is 51.4 Å². The number of aromatic hydroxyl groups is 2. The Bertz CT molecular complexity index is 1630. The van der Waals surface area contributed by atoms with E-state index in [1.165, 1.54) is 12.1 Å². The number of amides is 5. The number of benzene rings is 2. The van der Waals surface area contributed by atoms with Crippen LogP contribution in [0.15, 0.2) is 36.4 Å². The number of aliphatic hydroxyl groups excluding tert-OH is 1. The average Bonchev–Trinajstić information content (AvgIpc) is 3.82. The first-order valence-electron chi connectivity index (χ1n) is 17.0. The lowest BCUT2D eigenvalue weighted by atomic mass is 9.95. The quantitative estimate of drug-likeness (QED) is 0.209. The maximum Gasteiger partial charge on any atom is 0.408 e. The average molecular weight is 712 g/mol. The molecule has 4 atom stereocenters. The lowest BCUT2D eigenvalue weighted by molar-refractivity contribution is -0.133. The van der Waals surface area contributed by atoms with Gasteiger partial charge in [0.1, 0.15) is 40.8 Å². The van der Waals surface area contributed by atoms with Gasteiger partial charge in [0.2, 0.25) is 17.7 Å². The number of phenolic OH excluding ortho intramolecular Hbond substituents is 2. The van der Waals surface area contributed by atoms with Gasteiger partial charge in [0, 0.05) is 31.8 Å². The Morgan fingerprint density at radius 3 is 1.90 bits per heavy atom. The molecule has 0 spiro atoms. The van der Waals surface area contributed by atoms with Crippen LogP contribution in [0, 0.1) is 0 Å². The van der Waals surface area contributed by atoms with Gasteiger partial charge in [0.15, 0.2) is 0 Å². The number of aliphatic hydroxyl groups is 1. The van der Waals surface area contributed by atoms with Crippen LogP contribution in [0.1, 0.15) is 71.9 Å². The van der Waals surface area contributed by atoms with E-state index in [0.717, 1.165) is 12.8 Å². The molecule has 1 saturated carbocycles. The molecule has 5 amide bonds. The molecule has 1 fully saturated rings. The fourth-order valence-corrected chi connectivity index (χ4v) is 5.34. The van der Waals surface area contributed by atoms with Crippen LogP contribution in [0.2, 0.25) is 0 Å². The van der Waals surface area contributed by atoms with E-state index in [1.54, 1.807) is 65.8 Å². The Morgan fingerprint density at radius 2 is 1.35 bits per heavy atom. The van der Waals surface area contributed by atoms with Crippen LogP contribution in [0.3, 0.4) is 0 Å². The van der Waals surface area contributed by atoms with Crippen LogP contribution in [0.4, 0.5) is 9.59 Å². The Labute approximate surface area is 296 Å². The Morgan fingerprint density at radius 1 is 0.804 bits per heavy atom. The first kappa shape index (κ1) is 38.7. The summed E-state index contributed by atoms with van der Waals surface area (Å²) in [7, 11) is 0. The third kappa shape index (κ3) is 12.1. The molecule has 0 unspecified atom stereocenters. The fraction of sp³-hybridized carbons (Fsp3) is 0.528. The van der Waals surface area contributed by atoms with Gasteiger partial charge in [0.05, 0.1) is 6.10 Å². The normalized spacial score (nSPS) is 20.3. The molecule has 0 saturated heterocycles. The van der Waals surface area contributed by atoms with Crippen molar-refractivity contribution in [2.75, 3.05) is 6.54 Å². The second-order valence-electron chi connectivity index (χ2n) is 15.0. The van der Waals surface area contributed by atoms with Gasteiger partial charge >= 0.3 is 12.2 Å². The van der Waals surface area contributed by atoms with E-state index in [2.05, 4.69) is 26.6 Å². The minimum Gasteiger partial charge on any atom is -0.508 e.